The van der Waals surface area contributed by atoms with E-state index in [1.165, 1.54) is 51.4 Å². The lowest BCUT2D eigenvalue weighted by Crippen LogP contribution is -1.99. The van der Waals surface area contributed by atoms with E-state index in [0.717, 1.165) is 11.8 Å². The molecule has 1 aliphatic rings. The van der Waals surface area contributed by atoms with E-state index in [1.54, 1.807) is 0 Å². The molecule has 0 heteroatoms. The zero-order chi connectivity index (χ0) is 14.8. The van der Waals surface area contributed by atoms with Crippen molar-refractivity contribution < 1.29 is 0 Å². The maximum Gasteiger partial charge on any atom is -0.0443 e. The van der Waals surface area contributed by atoms with E-state index in [9.17, 15) is 0 Å². The average molecular weight is 259 g/mol. The van der Waals surface area contributed by atoms with Crippen molar-refractivity contribution >= 4 is 0 Å². The summed E-state index contributed by atoms with van der Waals surface area (Å²) in [5, 5.41) is 0. The van der Waals surface area contributed by atoms with Crippen LogP contribution in [0.15, 0.2) is 0 Å². The Morgan fingerprint density at radius 3 is 1.50 bits per heavy atom. The zero-order valence-corrected chi connectivity index (χ0v) is 14.8. The fourth-order valence-electron chi connectivity index (χ4n) is 2.00. The van der Waals surface area contributed by atoms with Gasteiger partial charge in [0, 0.05) is 0 Å². The molecule has 1 atom stereocenters. The van der Waals surface area contributed by atoms with Gasteiger partial charge in [0.05, 0.1) is 0 Å². The Morgan fingerprint density at radius 1 is 0.889 bits per heavy atom. The van der Waals surface area contributed by atoms with Crippen LogP contribution in [-0.4, -0.2) is 0 Å². The molecule has 1 saturated carbocycles. The van der Waals surface area contributed by atoms with Crippen LogP contribution in [0.1, 0.15) is 107 Å². The van der Waals surface area contributed by atoms with E-state index >= 15 is 0 Å². The lowest BCUT2D eigenvalue weighted by molar-refractivity contribution is 0.385. The minimum absolute atomic E-state index is 0.949. The Kier molecular flexibility index (Phi) is 28.5. The van der Waals surface area contributed by atoms with Gasteiger partial charge in [0.2, 0.25) is 0 Å². The Labute approximate surface area is 119 Å². The molecule has 114 valence electrons. The summed E-state index contributed by atoms with van der Waals surface area (Å²) < 4.78 is 0. The van der Waals surface area contributed by atoms with Gasteiger partial charge in [-0.15, -0.1) is 0 Å². The zero-order valence-electron chi connectivity index (χ0n) is 14.8. The molecule has 0 aromatic carbocycles. The van der Waals surface area contributed by atoms with Crippen molar-refractivity contribution in [2.75, 3.05) is 0 Å². The highest BCUT2D eigenvalue weighted by Gasteiger charge is 2.05. The third-order valence-corrected chi connectivity index (χ3v) is 3.37. The minimum Gasteiger partial charge on any atom is -0.0683 e. The molecule has 1 rings (SSSR count). The molecule has 1 aliphatic carbocycles. The van der Waals surface area contributed by atoms with Crippen LogP contribution in [0.2, 0.25) is 0 Å². The highest BCUT2D eigenvalue weighted by atomic mass is 14.1. The molecule has 0 aliphatic heterocycles. The Balaban J connectivity index is -0.000000196. The predicted octanol–water partition coefficient (Wildman–Crippen LogP) is 7.47. The van der Waals surface area contributed by atoms with Crippen LogP contribution >= 0.6 is 0 Å². The van der Waals surface area contributed by atoms with E-state index in [4.69, 9.17) is 0 Å². The highest BCUT2D eigenvalue weighted by Crippen LogP contribution is 2.22. The fraction of sp³-hybridized carbons (Fsp3) is 1.00. The SMILES string of the molecule is CC.CC.CC1CCCCC1.CCCC(C)CC. The summed E-state index contributed by atoms with van der Waals surface area (Å²) in [5.74, 6) is 1.98. The van der Waals surface area contributed by atoms with E-state index in [1.807, 2.05) is 27.7 Å². The normalized spacial score (nSPS) is 16.0. The van der Waals surface area contributed by atoms with Crippen LogP contribution < -0.4 is 0 Å². The van der Waals surface area contributed by atoms with Gasteiger partial charge >= 0.3 is 0 Å². The first-order valence-electron chi connectivity index (χ1n) is 8.70. The molecule has 18 heavy (non-hydrogen) atoms. The van der Waals surface area contributed by atoms with Gasteiger partial charge in [0.1, 0.15) is 0 Å². The predicted molar refractivity (Wildman–Crippen MR) is 89.3 cm³/mol. The number of hydrogen-bond donors (Lipinski definition) is 0. The Hall–Kier alpha value is 0. The Bertz CT molecular complexity index is 97.9. The molecule has 1 unspecified atom stereocenters. The molecule has 0 nitrogen and oxygen atoms in total. The topological polar surface area (TPSA) is 0 Å². The molecular weight excluding hydrogens is 216 g/mol. The molecule has 0 aromatic heterocycles. The minimum atomic E-state index is 0.949. The first-order valence-corrected chi connectivity index (χ1v) is 8.70. The summed E-state index contributed by atoms with van der Waals surface area (Å²) in [7, 11) is 0. The molecule has 0 amide bonds. The first kappa shape index (κ1) is 23.1. The van der Waals surface area contributed by atoms with Gasteiger partial charge in [-0.2, -0.15) is 0 Å². The molecule has 0 radical (unpaired) electrons. The molecule has 0 bridgehead atoms. The van der Waals surface area contributed by atoms with Crippen molar-refractivity contribution in [3.8, 4) is 0 Å². The monoisotopic (exact) mass is 258 g/mol. The summed E-state index contributed by atoms with van der Waals surface area (Å²) in [4.78, 5) is 0. The molecule has 0 spiro atoms. The highest BCUT2D eigenvalue weighted by molar-refractivity contribution is 4.59. The van der Waals surface area contributed by atoms with Crippen molar-refractivity contribution in [1.29, 1.82) is 0 Å². The molecule has 0 saturated heterocycles. The molecule has 0 aromatic rings. The van der Waals surface area contributed by atoms with Crippen LogP contribution in [0, 0.1) is 11.8 Å². The summed E-state index contributed by atoms with van der Waals surface area (Å²) in [6, 6.07) is 0. The van der Waals surface area contributed by atoms with Gasteiger partial charge in [-0.05, 0) is 11.8 Å². The van der Waals surface area contributed by atoms with E-state index in [-0.39, 0.29) is 0 Å². The largest absolute Gasteiger partial charge is 0.0683 e. The quantitative estimate of drug-likeness (QED) is 0.492. The second-order valence-corrected chi connectivity index (χ2v) is 5.05. The van der Waals surface area contributed by atoms with Gasteiger partial charge in [-0.3, -0.25) is 0 Å². The van der Waals surface area contributed by atoms with Gasteiger partial charge in [-0.1, -0.05) is 107 Å². The van der Waals surface area contributed by atoms with Crippen molar-refractivity contribution in [2.45, 2.75) is 107 Å². The van der Waals surface area contributed by atoms with Crippen molar-refractivity contribution in [2.24, 2.45) is 11.8 Å². The van der Waals surface area contributed by atoms with Gasteiger partial charge in [0.25, 0.3) is 0 Å². The van der Waals surface area contributed by atoms with Gasteiger partial charge < -0.3 is 0 Å². The van der Waals surface area contributed by atoms with Crippen molar-refractivity contribution in [1.82, 2.24) is 0 Å². The van der Waals surface area contributed by atoms with Crippen molar-refractivity contribution in [3.63, 3.8) is 0 Å². The fourth-order valence-corrected chi connectivity index (χ4v) is 2.00. The van der Waals surface area contributed by atoms with Crippen LogP contribution in [0.4, 0.5) is 0 Å². The summed E-state index contributed by atoms with van der Waals surface area (Å²) in [5.41, 5.74) is 0. The molecule has 0 heterocycles. The smallest absolute Gasteiger partial charge is 0.0443 e. The average Bonchev–Trinajstić information content (AvgIpc) is 2.45. The summed E-state index contributed by atoms with van der Waals surface area (Å²) in [6.45, 7) is 17.2. The van der Waals surface area contributed by atoms with Gasteiger partial charge in [-0.25, -0.2) is 0 Å². The maximum absolute atomic E-state index is 2.36. The van der Waals surface area contributed by atoms with Crippen LogP contribution in [0.3, 0.4) is 0 Å². The van der Waals surface area contributed by atoms with Crippen LogP contribution in [-0.2, 0) is 0 Å². The van der Waals surface area contributed by atoms with E-state index < -0.39 is 0 Å². The number of rotatable bonds is 3. The second-order valence-electron chi connectivity index (χ2n) is 5.05. The van der Waals surface area contributed by atoms with E-state index in [2.05, 4.69) is 27.7 Å². The Morgan fingerprint density at radius 2 is 1.33 bits per heavy atom. The van der Waals surface area contributed by atoms with Crippen LogP contribution in [0.5, 0.6) is 0 Å². The molecule has 1 fully saturated rings. The lowest BCUT2D eigenvalue weighted by Gasteiger charge is -2.15. The van der Waals surface area contributed by atoms with Gasteiger partial charge in [0.15, 0.2) is 0 Å². The standard InChI is InChI=1S/C7H14.C7H16.2C2H6/c1-7-5-3-2-4-6-7;1-4-6-7(3)5-2;2*1-2/h7H,2-6H2,1H3;7H,4-6H2,1-3H3;2*1-2H3. The third kappa shape index (κ3) is 21.3. The molecular formula is C18H42. The lowest BCUT2D eigenvalue weighted by atomic mass is 9.91. The third-order valence-electron chi connectivity index (χ3n) is 3.37. The summed E-state index contributed by atoms with van der Waals surface area (Å²) in [6.07, 6.45) is 11.5. The van der Waals surface area contributed by atoms with Crippen molar-refractivity contribution in [3.05, 3.63) is 0 Å². The number of hydrogen-bond acceptors (Lipinski definition) is 0. The summed E-state index contributed by atoms with van der Waals surface area (Å²) >= 11 is 0. The molecule has 0 N–H and O–H groups in total. The maximum atomic E-state index is 2.36. The van der Waals surface area contributed by atoms with Crippen LogP contribution in [0.25, 0.3) is 0 Å². The first-order chi connectivity index (χ1) is 8.70. The second kappa shape index (κ2) is 22.2. The van der Waals surface area contributed by atoms with E-state index in [0.29, 0.717) is 0 Å².